The molecule has 0 unspecified atom stereocenters. The van der Waals surface area contributed by atoms with Gasteiger partial charge in [-0.15, -0.1) is 0 Å². The Hall–Kier alpha value is -2.80. The Morgan fingerprint density at radius 1 is 1.27 bits per heavy atom. The second-order valence-electron chi connectivity index (χ2n) is 6.53. The van der Waals surface area contributed by atoms with Crippen LogP contribution in [-0.2, 0) is 11.3 Å². The van der Waals surface area contributed by atoms with Crippen LogP contribution >= 0.6 is 0 Å². The van der Waals surface area contributed by atoms with E-state index in [2.05, 4.69) is 20.1 Å². The molecule has 0 radical (unpaired) electrons. The van der Waals surface area contributed by atoms with Gasteiger partial charge in [-0.2, -0.15) is 0 Å². The van der Waals surface area contributed by atoms with Gasteiger partial charge >= 0.3 is 0 Å². The van der Waals surface area contributed by atoms with Crippen LogP contribution in [0, 0.1) is 6.92 Å². The molecule has 4 heterocycles. The fraction of sp³-hybridized carbons (Fsp3) is 0.368. The van der Waals surface area contributed by atoms with Crippen molar-refractivity contribution in [2.45, 2.75) is 25.8 Å². The summed E-state index contributed by atoms with van der Waals surface area (Å²) in [6, 6.07) is 7.83. The summed E-state index contributed by atoms with van der Waals surface area (Å²) in [5.74, 6) is 2.77. The summed E-state index contributed by atoms with van der Waals surface area (Å²) in [6.45, 7) is 4.03. The maximum absolute atomic E-state index is 5.49. The normalized spacial score (nSPS) is 16.8. The molecule has 1 atom stereocenters. The summed E-state index contributed by atoms with van der Waals surface area (Å²) in [5.41, 5.74) is 2.76. The van der Waals surface area contributed by atoms with E-state index in [-0.39, 0.29) is 0 Å². The fourth-order valence-corrected chi connectivity index (χ4v) is 3.10. The van der Waals surface area contributed by atoms with Gasteiger partial charge in [0.05, 0.1) is 18.8 Å². The number of aryl methyl sites for hydroxylation is 1. The van der Waals surface area contributed by atoms with E-state index in [1.54, 1.807) is 12.4 Å². The highest BCUT2D eigenvalue weighted by Gasteiger charge is 2.21. The summed E-state index contributed by atoms with van der Waals surface area (Å²) < 4.78 is 11.0. The highest BCUT2D eigenvalue weighted by Crippen LogP contribution is 2.26. The average molecular weight is 351 g/mol. The van der Waals surface area contributed by atoms with Crippen LogP contribution in [-0.4, -0.2) is 40.4 Å². The highest BCUT2D eigenvalue weighted by molar-refractivity contribution is 5.57. The molecule has 1 aliphatic heterocycles. The first kappa shape index (κ1) is 16.7. The lowest BCUT2D eigenvalue weighted by Gasteiger charge is -2.18. The van der Waals surface area contributed by atoms with Crippen LogP contribution in [0.2, 0.25) is 0 Å². The van der Waals surface area contributed by atoms with Gasteiger partial charge in [-0.05, 0) is 25.5 Å². The summed E-state index contributed by atoms with van der Waals surface area (Å²) in [5, 5.41) is 4.14. The zero-order valence-electron chi connectivity index (χ0n) is 14.9. The molecule has 0 saturated carbocycles. The Morgan fingerprint density at radius 3 is 2.96 bits per heavy atom. The Bertz CT molecular complexity index is 875. The van der Waals surface area contributed by atoms with Crippen molar-refractivity contribution in [3.8, 4) is 11.3 Å². The number of ether oxygens (including phenoxy) is 1. The Morgan fingerprint density at radius 2 is 2.19 bits per heavy atom. The van der Waals surface area contributed by atoms with Crippen LogP contribution in [0.1, 0.15) is 29.6 Å². The van der Waals surface area contributed by atoms with Crippen molar-refractivity contribution in [2.75, 3.05) is 25.2 Å². The van der Waals surface area contributed by atoms with Crippen molar-refractivity contribution >= 4 is 5.82 Å². The minimum Gasteiger partial charge on any atom is -0.381 e. The maximum atomic E-state index is 5.49. The van der Waals surface area contributed by atoms with E-state index in [1.165, 1.54) is 0 Å². The topological polar surface area (TPSA) is 77.2 Å². The first-order valence-corrected chi connectivity index (χ1v) is 8.69. The van der Waals surface area contributed by atoms with Crippen LogP contribution in [0.25, 0.3) is 11.3 Å². The van der Waals surface area contributed by atoms with Crippen molar-refractivity contribution in [3.63, 3.8) is 0 Å². The molecular weight excluding hydrogens is 330 g/mol. The van der Waals surface area contributed by atoms with E-state index < -0.39 is 0 Å². The zero-order chi connectivity index (χ0) is 17.9. The molecule has 7 nitrogen and oxygen atoms in total. The number of anilines is 1. The van der Waals surface area contributed by atoms with Crippen LogP contribution in [0.5, 0.6) is 0 Å². The third-order valence-corrected chi connectivity index (χ3v) is 4.49. The first-order valence-electron chi connectivity index (χ1n) is 8.69. The van der Waals surface area contributed by atoms with E-state index in [4.69, 9.17) is 9.26 Å². The molecule has 3 aromatic heterocycles. The van der Waals surface area contributed by atoms with Crippen molar-refractivity contribution in [2.24, 2.45) is 0 Å². The molecule has 1 aliphatic rings. The number of hydrogen-bond donors (Lipinski definition) is 0. The van der Waals surface area contributed by atoms with E-state index in [0.29, 0.717) is 12.5 Å². The lowest BCUT2D eigenvalue weighted by Crippen LogP contribution is -2.19. The molecule has 3 aromatic rings. The lowest BCUT2D eigenvalue weighted by molar-refractivity contribution is 0.193. The predicted molar refractivity (Wildman–Crippen MR) is 96.8 cm³/mol. The maximum Gasteiger partial charge on any atom is 0.156 e. The Labute approximate surface area is 152 Å². The average Bonchev–Trinajstić information content (AvgIpc) is 3.34. The second kappa shape index (κ2) is 7.21. The largest absolute Gasteiger partial charge is 0.381 e. The number of nitrogens with zero attached hydrogens (tertiary/aromatic N) is 5. The minimum absolute atomic E-state index is 0.353. The number of pyridine rings is 1. The van der Waals surface area contributed by atoms with Crippen molar-refractivity contribution in [1.82, 2.24) is 20.1 Å². The molecular formula is C19H21N5O2. The Balaban J connectivity index is 1.51. The molecule has 134 valence electrons. The van der Waals surface area contributed by atoms with E-state index in [1.807, 2.05) is 43.1 Å². The summed E-state index contributed by atoms with van der Waals surface area (Å²) in [4.78, 5) is 15.3. The summed E-state index contributed by atoms with van der Waals surface area (Å²) >= 11 is 0. The molecule has 7 heteroatoms. The SMILES string of the molecule is Cc1nc([C@H]2CCOC2)cc(N(C)Cc2cc(-c3cccnc3)no2)n1. The van der Waals surface area contributed by atoms with Gasteiger partial charge in [-0.3, -0.25) is 4.98 Å². The van der Waals surface area contributed by atoms with E-state index in [0.717, 1.165) is 54.0 Å². The van der Waals surface area contributed by atoms with Gasteiger partial charge in [-0.25, -0.2) is 9.97 Å². The van der Waals surface area contributed by atoms with Gasteiger partial charge in [0.1, 0.15) is 17.3 Å². The molecule has 0 aliphatic carbocycles. The molecule has 1 fully saturated rings. The quantitative estimate of drug-likeness (QED) is 0.699. The van der Waals surface area contributed by atoms with Crippen molar-refractivity contribution in [1.29, 1.82) is 0 Å². The van der Waals surface area contributed by atoms with Gasteiger partial charge in [0, 0.05) is 49.7 Å². The van der Waals surface area contributed by atoms with E-state index >= 15 is 0 Å². The molecule has 26 heavy (non-hydrogen) atoms. The molecule has 0 amide bonds. The van der Waals surface area contributed by atoms with Gasteiger partial charge in [0.15, 0.2) is 5.76 Å². The molecule has 0 N–H and O–H groups in total. The van der Waals surface area contributed by atoms with Crippen LogP contribution in [0.4, 0.5) is 5.82 Å². The smallest absolute Gasteiger partial charge is 0.156 e. The highest BCUT2D eigenvalue weighted by atomic mass is 16.5. The molecule has 0 bridgehead atoms. The van der Waals surface area contributed by atoms with Crippen molar-refractivity contribution in [3.05, 3.63) is 53.9 Å². The van der Waals surface area contributed by atoms with Gasteiger partial charge < -0.3 is 14.2 Å². The number of rotatable bonds is 5. The number of hydrogen-bond acceptors (Lipinski definition) is 7. The third kappa shape index (κ3) is 3.57. The van der Waals surface area contributed by atoms with Gasteiger partial charge in [0.2, 0.25) is 0 Å². The third-order valence-electron chi connectivity index (χ3n) is 4.49. The predicted octanol–water partition coefficient (Wildman–Crippen LogP) is 2.98. The standard InChI is InChI=1S/C19H21N5O2/c1-13-21-17(15-5-7-25-12-15)9-19(22-13)24(2)11-16-8-18(23-26-16)14-4-3-6-20-10-14/h3-4,6,8-10,15H,5,7,11-12H2,1-2H3/t15-/m0/s1. The first-order chi connectivity index (χ1) is 12.7. The molecule has 0 spiro atoms. The summed E-state index contributed by atoms with van der Waals surface area (Å²) in [7, 11) is 1.99. The van der Waals surface area contributed by atoms with Gasteiger partial charge in [0.25, 0.3) is 0 Å². The molecule has 1 saturated heterocycles. The summed E-state index contributed by atoms with van der Waals surface area (Å²) in [6.07, 6.45) is 4.52. The van der Waals surface area contributed by atoms with Crippen LogP contribution in [0.15, 0.2) is 41.2 Å². The molecule has 0 aromatic carbocycles. The second-order valence-corrected chi connectivity index (χ2v) is 6.53. The Kier molecular flexibility index (Phi) is 4.62. The van der Waals surface area contributed by atoms with Crippen LogP contribution in [0.3, 0.4) is 0 Å². The minimum atomic E-state index is 0.353. The monoisotopic (exact) mass is 351 g/mol. The number of aromatic nitrogens is 4. The fourth-order valence-electron chi connectivity index (χ4n) is 3.10. The lowest BCUT2D eigenvalue weighted by atomic mass is 10.0. The zero-order valence-corrected chi connectivity index (χ0v) is 14.9. The van der Waals surface area contributed by atoms with Crippen LogP contribution < -0.4 is 4.90 Å². The van der Waals surface area contributed by atoms with Gasteiger partial charge in [-0.1, -0.05) is 5.16 Å². The van der Waals surface area contributed by atoms with E-state index in [9.17, 15) is 0 Å². The van der Waals surface area contributed by atoms with Crippen molar-refractivity contribution < 1.29 is 9.26 Å². The molecule has 4 rings (SSSR count).